The molecule has 1 unspecified atom stereocenters. The summed E-state index contributed by atoms with van der Waals surface area (Å²) in [4.78, 5) is 38.5. The molecule has 0 saturated carbocycles. The fourth-order valence-electron chi connectivity index (χ4n) is 2.85. The number of nitrogens with zero attached hydrogens (tertiary/aromatic N) is 5. The Morgan fingerprint density at radius 1 is 1.11 bits per heavy atom. The molecule has 2 aromatic heterocycles. The van der Waals surface area contributed by atoms with Crippen molar-refractivity contribution in [3.8, 4) is 0 Å². The predicted octanol–water partition coefficient (Wildman–Crippen LogP) is 0.199. The SMILES string of the molecule is CC(=O)OC[C@H]1O[C@@H](n2cnc3c(Cl)nnnc32)[C@H](OC(C)=O)C1OC(C)=O. The van der Waals surface area contributed by atoms with Gasteiger partial charge in [0.15, 0.2) is 29.2 Å². The zero-order chi connectivity index (χ0) is 20.4. The lowest BCUT2D eigenvalue weighted by molar-refractivity contribution is -0.166. The molecular weight excluding hydrogens is 398 g/mol. The van der Waals surface area contributed by atoms with Gasteiger partial charge in [-0.3, -0.25) is 19.0 Å². The number of fused-ring (bicyclic) bond motifs is 1. The second-order valence-electron chi connectivity index (χ2n) is 5.92. The average molecular weight is 414 g/mol. The van der Waals surface area contributed by atoms with Gasteiger partial charge in [0.2, 0.25) is 0 Å². The Hall–Kier alpha value is -2.86. The lowest BCUT2D eigenvalue weighted by Crippen LogP contribution is -2.40. The van der Waals surface area contributed by atoms with Gasteiger partial charge in [-0.15, -0.1) is 10.2 Å². The van der Waals surface area contributed by atoms with Crippen LogP contribution in [0.1, 0.15) is 27.0 Å². The molecule has 150 valence electrons. The zero-order valence-corrected chi connectivity index (χ0v) is 15.8. The van der Waals surface area contributed by atoms with Gasteiger partial charge in [-0.1, -0.05) is 11.6 Å². The molecule has 0 aliphatic carbocycles. The highest BCUT2D eigenvalue weighted by molar-refractivity contribution is 6.33. The number of halogens is 1. The molecule has 3 rings (SSSR count). The van der Waals surface area contributed by atoms with E-state index in [0.717, 1.165) is 0 Å². The van der Waals surface area contributed by atoms with Crippen LogP contribution in [-0.2, 0) is 33.3 Å². The normalized spacial score (nSPS) is 24.1. The molecular formula is C15H16ClN5O7. The second kappa shape index (κ2) is 8.02. The van der Waals surface area contributed by atoms with E-state index >= 15 is 0 Å². The molecule has 13 heteroatoms. The summed E-state index contributed by atoms with van der Waals surface area (Å²) in [6, 6.07) is 0. The molecule has 0 spiro atoms. The Kier molecular flexibility index (Phi) is 5.70. The number of rotatable bonds is 5. The summed E-state index contributed by atoms with van der Waals surface area (Å²) in [5, 5.41) is 11.1. The van der Waals surface area contributed by atoms with Crippen LogP contribution in [0.3, 0.4) is 0 Å². The van der Waals surface area contributed by atoms with Crippen molar-refractivity contribution in [1.82, 2.24) is 25.0 Å². The van der Waals surface area contributed by atoms with Crippen molar-refractivity contribution in [2.45, 2.75) is 45.3 Å². The number of imidazole rings is 1. The molecule has 0 bridgehead atoms. The van der Waals surface area contributed by atoms with Crippen LogP contribution in [0.25, 0.3) is 11.2 Å². The molecule has 1 fully saturated rings. The van der Waals surface area contributed by atoms with E-state index in [1.54, 1.807) is 0 Å². The smallest absolute Gasteiger partial charge is 0.303 e. The number of hydrogen-bond acceptors (Lipinski definition) is 11. The first-order valence-electron chi connectivity index (χ1n) is 8.12. The highest BCUT2D eigenvalue weighted by Crippen LogP contribution is 2.36. The Labute approximate surface area is 163 Å². The van der Waals surface area contributed by atoms with E-state index in [2.05, 4.69) is 20.4 Å². The second-order valence-corrected chi connectivity index (χ2v) is 6.28. The van der Waals surface area contributed by atoms with Crippen molar-refractivity contribution in [2.24, 2.45) is 0 Å². The zero-order valence-electron chi connectivity index (χ0n) is 15.1. The fourth-order valence-corrected chi connectivity index (χ4v) is 3.02. The minimum Gasteiger partial charge on any atom is -0.463 e. The molecule has 0 amide bonds. The number of carbonyl (C=O) groups is 3. The average Bonchev–Trinajstić information content (AvgIpc) is 3.16. The molecule has 4 atom stereocenters. The molecule has 0 N–H and O–H groups in total. The molecule has 1 saturated heterocycles. The first kappa shape index (κ1) is 19.9. The molecule has 0 radical (unpaired) electrons. The summed E-state index contributed by atoms with van der Waals surface area (Å²) in [5.74, 6) is -1.80. The lowest BCUT2D eigenvalue weighted by atomic mass is 10.1. The van der Waals surface area contributed by atoms with E-state index < -0.39 is 42.4 Å². The van der Waals surface area contributed by atoms with Gasteiger partial charge in [0, 0.05) is 20.8 Å². The van der Waals surface area contributed by atoms with Gasteiger partial charge in [0.25, 0.3) is 0 Å². The van der Waals surface area contributed by atoms with Crippen LogP contribution in [-0.4, -0.2) is 67.8 Å². The summed E-state index contributed by atoms with van der Waals surface area (Å²) < 4.78 is 22.9. The maximum Gasteiger partial charge on any atom is 0.303 e. The van der Waals surface area contributed by atoms with E-state index in [-0.39, 0.29) is 22.9 Å². The van der Waals surface area contributed by atoms with E-state index in [1.807, 2.05) is 0 Å². The van der Waals surface area contributed by atoms with Crippen LogP contribution >= 0.6 is 11.6 Å². The minimum atomic E-state index is -1.06. The largest absolute Gasteiger partial charge is 0.463 e. The summed E-state index contributed by atoms with van der Waals surface area (Å²) in [5.41, 5.74) is 0.478. The molecule has 0 aromatic carbocycles. The Morgan fingerprint density at radius 3 is 2.43 bits per heavy atom. The third kappa shape index (κ3) is 4.02. The minimum absolute atomic E-state index is 0.0267. The maximum atomic E-state index is 11.6. The number of aromatic nitrogens is 5. The van der Waals surface area contributed by atoms with Gasteiger partial charge in [0.1, 0.15) is 18.2 Å². The molecule has 28 heavy (non-hydrogen) atoms. The van der Waals surface area contributed by atoms with Gasteiger partial charge in [0.05, 0.1) is 6.33 Å². The number of ether oxygens (including phenoxy) is 4. The van der Waals surface area contributed by atoms with Crippen molar-refractivity contribution in [1.29, 1.82) is 0 Å². The van der Waals surface area contributed by atoms with E-state index in [1.165, 1.54) is 31.7 Å². The standard InChI is InChI=1S/C15H16ClN5O7/c1-6(22)25-4-9-11(26-7(2)23)12(27-8(3)24)15(28-9)21-5-17-10-13(16)18-20-19-14(10)21/h5,9,11-12,15H,4H2,1-3H3/t9-,11?,12-,15-/m1/s1. The predicted molar refractivity (Wildman–Crippen MR) is 89.8 cm³/mol. The van der Waals surface area contributed by atoms with Gasteiger partial charge in [-0.05, 0) is 5.21 Å². The number of carbonyl (C=O) groups excluding carboxylic acids is 3. The fraction of sp³-hybridized carbons (Fsp3) is 0.533. The van der Waals surface area contributed by atoms with Crippen molar-refractivity contribution in [3.63, 3.8) is 0 Å². The molecule has 2 aromatic rings. The third-order valence-electron chi connectivity index (χ3n) is 3.85. The van der Waals surface area contributed by atoms with Gasteiger partial charge < -0.3 is 18.9 Å². The summed E-state index contributed by atoms with van der Waals surface area (Å²) in [6.45, 7) is 3.41. The van der Waals surface area contributed by atoms with Crippen LogP contribution in [0.4, 0.5) is 0 Å². The van der Waals surface area contributed by atoms with Gasteiger partial charge in [-0.25, -0.2) is 4.98 Å². The molecule has 12 nitrogen and oxygen atoms in total. The Balaban J connectivity index is 2.01. The van der Waals surface area contributed by atoms with Crippen molar-refractivity contribution in [2.75, 3.05) is 6.61 Å². The molecule has 1 aliphatic rings. The monoisotopic (exact) mass is 413 g/mol. The molecule has 3 heterocycles. The highest BCUT2D eigenvalue weighted by Gasteiger charge is 2.51. The Bertz CT molecular complexity index is 919. The van der Waals surface area contributed by atoms with Crippen LogP contribution < -0.4 is 0 Å². The van der Waals surface area contributed by atoms with Crippen LogP contribution in [0, 0.1) is 0 Å². The summed E-state index contributed by atoms with van der Waals surface area (Å²) in [7, 11) is 0. The summed E-state index contributed by atoms with van der Waals surface area (Å²) in [6.07, 6.45) is -2.63. The topological polar surface area (TPSA) is 145 Å². The van der Waals surface area contributed by atoms with Crippen molar-refractivity contribution >= 4 is 40.7 Å². The van der Waals surface area contributed by atoms with E-state index in [9.17, 15) is 14.4 Å². The van der Waals surface area contributed by atoms with Crippen molar-refractivity contribution < 1.29 is 33.3 Å². The van der Waals surface area contributed by atoms with E-state index in [0.29, 0.717) is 0 Å². The Morgan fingerprint density at radius 2 is 1.79 bits per heavy atom. The summed E-state index contributed by atoms with van der Waals surface area (Å²) >= 11 is 5.97. The highest BCUT2D eigenvalue weighted by atomic mass is 35.5. The van der Waals surface area contributed by atoms with Gasteiger partial charge in [-0.2, -0.15) is 0 Å². The number of esters is 3. The molecule has 1 aliphatic heterocycles. The maximum absolute atomic E-state index is 11.6. The van der Waals surface area contributed by atoms with Crippen LogP contribution in [0.15, 0.2) is 6.33 Å². The lowest BCUT2D eigenvalue weighted by Gasteiger charge is -2.23. The van der Waals surface area contributed by atoms with Crippen LogP contribution in [0.5, 0.6) is 0 Å². The van der Waals surface area contributed by atoms with E-state index in [4.69, 9.17) is 30.5 Å². The quantitative estimate of drug-likeness (QED) is 0.489. The third-order valence-corrected chi connectivity index (χ3v) is 4.10. The number of hydrogen-bond donors (Lipinski definition) is 0. The van der Waals surface area contributed by atoms with Gasteiger partial charge >= 0.3 is 17.9 Å². The first-order chi connectivity index (χ1) is 13.3. The van der Waals surface area contributed by atoms with Crippen molar-refractivity contribution in [3.05, 3.63) is 11.5 Å². The first-order valence-corrected chi connectivity index (χ1v) is 8.50. The van der Waals surface area contributed by atoms with Crippen LogP contribution in [0.2, 0.25) is 5.15 Å².